The Morgan fingerprint density at radius 2 is 2.03 bits per heavy atom. The van der Waals surface area contributed by atoms with Crippen LogP contribution in [0, 0.1) is 12.8 Å². The summed E-state index contributed by atoms with van der Waals surface area (Å²) in [5.74, 6) is 1.04. The summed E-state index contributed by atoms with van der Waals surface area (Å²) in [4.78, 5) is 31.0. The standard InChI is InChI=1S/C23H24N4O3/c1-16-24-10-11-26(16)14-17-6-8-19(9-7-17)25-23(29)18-12-22(28)27(15-18)20-4-3-5-21(13-20)30-2/h3-11,13,18H,12,14-15H2,1-2H3,(H,25,29). The third kappa shape index (κ3) is 4.20. The average molecular weight is 404 g/mol. The molecule has 2 amide bonds. The zero-order chi connectivity index (χ0) is 21.1. The second kappa shape index (κ2) is 8.41. The predicted molar refractivity (Wildman–Crippen MR) is 115 cm³/mol. The lowest BCUT2D eigenvalue weighted by Gasteiger charge is -2.17. The van der Waals surface area contributed by atoms with Crippen LogP contribution in [-0.4, -0.2) is 35.0 Å². The summed E-state index contributed by atoms with van der Waals surface area (Å²) in [5.41, 5.74) is 2.58. The van der Waals surface area contributed by atoms with E-state index in [0.717, 1.165) is 29.3 Å². The molecule has 7 nitrogen and oxygen atoms in total. The molecular formula is C23H24N4O3. The Bertz CT molecular complexity index is 1060. The van der Waals surface area contributed by atoms with Gasteiger partial charge in [-0.25, -0.2) is 4.98 Å². The topological polar surface area (TPSA) is 76.5 Å². The van der Waals surface area contributed by atoms with Crippen LogP contribution >= 0.6 is 0 Å². The van der Waals surface area contributed by atoms with Gasteiger partial charge in [-0.2, -0.15) is 0 Å². The van der Waals surface area contributed by atoms with Crippen LogP contribution in [0.1, 0.15) is 17.8 Å². The SMILES string of the molecule is COc1cccc(N2CC(C(=O)Nc3ccc(Cn4ccnc4C)cc3)CC2=O)c1. The Morgan fingerprint density at radius 3 is 2.73 bits per heavy atom. The van der Waals surface area contributed by atoms with Gasteiger partial charge in [-0.1, -0.05) is 18.2 Å². The number of methoxy groups -OCH3 is 1. The zero-order valence-corrected chi connectivity index (χ0v) is 17.0. The van der Waals surface area contributed by atoms with Crippen LogP contribution in [0.25, 0.3) is 0 Å². The van der Waals surface area contributed by atoms with Crippen molar-refractivity contribution in [2.75, 3.05) is 23.9 Å². The van der Waals surface area contributed by atoms with Crippen molar-refractivity contribution in [2.24, 2.45) is 5.92 Å². The van der Waals surface area contributed by atoms with E-state index >= 15 is 0 Å². The molecule has 1 aliphatic rings. The van der Waals surface area contributed by atoms with Gasteiger partial charge in [-0.15, -0.1) is 0 Å². The highest BCUT2D eigenvalue weighted by atomic mass is 16.5. The number of ether oxygens (including phenoxy) is 1. The van der Waals surface area contributed by atoms with Gasteiger partial charge in [0.15, 0.2) is 0 Å². The summed E-state index contributed by atoms with van der Waals surface area (Å²) in [6.45, 7) is 3.05. The highest BCUT2D eigenvalue weighted by Crippen LogP contribution is 2.28. The van der Waals surface area contributed by atoms with E-state index in [1.54, 1.807) is 24.3 Å². The highest BCUT2D eigenvalue weighted by Gasteiger charge is 2.35. The van der Waals surface area contributed by atoms with E-state index < -0.39 is 5.92 Å². The summed E-state index contributed by atoms with van der Waals surface area (Å²) in [6, 6.07) is 15.1. The molecule has 154 valence electrons. The second-order valence-electron chi connectivity index (χ2n) is 7.40. The zero-order valence-electron chi connectivity index (χ0n) is 17.0. The second-order valence-corrected chi connectivity index (χ2v) is 7.40. The summed E-state index contributed by atoms with van der Waals surface area (Å²) in [6.07, 6.45) is 3.92. The first-order chi connectivity index (χ1) is 14.5. The Labute approximate surface area is 175 Å². The number of anilines is 2. The maximum atomic E-state index is 12.7. The Balaban J connectivity index is 1.38. The minimum atomic E-state index is -0.392. The van der Waals surface area contributed by atoms with Crippen LogP contribution in [0.3, 0.4) is 0 Å². The van der Waals surface area contributed by atoms with Gasteiger partial charge in [0, 0.05) is 49.3 Å². The number of carbonyl (C=O) groups excluding carboxylic acids is 2. The Kier molecular flexibility index (Phi) is 5.52. The number of hydrogen-bond donors (Lipinski definition) is 1. The molecule has 1 aromatic heterocycles. The van der Waals surface area contributed by atoms with Crippen molar-refractivity contribution in [1.29, 1.82) is 0 Å². The summed E-state index contributed by atoms with van der Waals surface area (Å²) < 4.78 is 7.29. The maximum Gasteiger partial charge on any atom is 0.229 e. The first-order valence-electron chi connectivity index (χ1n) is 9.85. The van der Waals surface area contributed by atoms with Crippen LogP contribution in [0.4, 0.5) is 11.4 Å². The number of amides is 2. The van der Waals surface area contributed by atoms with Gasteiger partial charge in [-0.3, -0.25) is 9.59 Å². The van der Waals surface area contributed by atoms with Gasteiger partial charge in [0.25, 0.3) is 0 Å². The number of nitrogens with zero attached hydrogens (tertiary/aromatic N) is 3. The first kappa shape index (κ1) is 19.7. The van der Waals surface area contributed by atoms with Gasteiger partial charge in [-0.05, 0) is 36.8 Å². The minimum absolute atomic E-state index is 0.0607. The molecule has 1 atom stereocenters. The number of benzene rings is 2. The fourth-order valence-electron chi connectivity index (χ4n) is 3.62. The van der Waals surface area contributed by atoms with Crippen LogP contribution in [-0.2, 0) is 16.1 Å². The molecule has 7 heteroatoms. The van der Waals surface area contributed by atoms with Crippen molar-refractivity contribution < 1.29 is 14.3 Å². The molecule has 0 saturated carbocycles. The largest absolute Gasteiger partial charge is 0.497 e. The molecule has 2 heterocycles. The highest BCUT2D eigenvalue weighted by molar-refractivity contribution is 6.03. The van der Waals surface area contributed by atoms with Crippen LogP contribution in [0.5, 0.6) is 5.75 Å². The van der Waals surface area contributed by atoms with Crippen molar-refractivity contribution in [2.45, 2.75) is 19.9 Å². The maximum absolute atomic E-state index is 12.7. The molecule has 1 N–H and O–H groups in total. The molecule has 1 saturated heterocycles. The fraction of sp³-hybridized carbons (Fsp3) is 0.261. The number of aryl methyl sites for hydroxylation is 1. The lowest BCUT2D eigenvalue weighted by atomic mass is 10.1. The molecular weight excluding hydrogens is 380 g/mol. The van der Waals surface area contributed by atoms with E-state index in [2.05, 4.69) is 14.9 Å². The van der Waals surface area contributed by atoms with Crippen LogP contribution < -0.4 is 15.0 Å². The number of carbonyl (C=O) groups is 2. The summed E-state index contributed by atoms with van der Waals surface area (Å²) in [7, 11) is 1.59. The lowest BCUT2D eigenvalue weighted by molar-refractivity contribution is -0.122. The quantitative estimate of drug-likeness (QED) is 0.684. The molecule has 1 unspecified atom stereocenters. The van der Waals surface area contributed by atoms with E-state index in [-0.39, 0.29) is 18.2 Å². The molecule has 0 bridgehead atoms. The van der Waals surface area contributed by atoms with E-state index in [4.69, 9.17) is 4.74 Å². The van der Waals surface area contributed by atoms with Gasteiger partial charge >= 0.3 is 0 Å². The lowest BCUT2D eigenvalue weighted by Crippen LogP contribution is -2.28. The van der Waals surface area contributed by atoms with E-state index in [1.807, 2.05) is 55.6 Å². The number of rotatable bonds is 6. The van der Waals surface area contributed by atoms with E-state index in [0.29, 0.717) is 12.3 Å². The molecule has 0 spiro atoms. The average Bonchev–Trinajstić information content (AvgIpc) is 3.35. The van der Waals surface area contributed by atoms with Gasteiger partial charge in [0.1, 0.15) is 11.6 Å². The number of hydrogen-bond acceptors (Lipinski definition) is 4. The van der Waals surface area contributed by atoms with Crippen molar-refractivity contribution in [3.05, 3.63) is 72.3 Å². The fourth-order valence-corrected chi connectivity index (χ4v) is 3.62. The van der Waals surface area contributed by atoms with E-state index in [9.17, 15) is 9.59 Å². The van der Waals surface area contributed by atoms with Gasteiger partial charge in [0.05, 0.1) is 13.0 Å². The molecule has 4 rings (SSSR count). The monoisotopic (exact) mass is 404 g/mol. The summed E-state index contributed by atoms with van der Waals surface area (Å²) >= 11 is 0. The molecule has 3 aromatic rings. The number of aromatic nitrogens is 2. The molecule has 1 fully saturated rings. The van der Waals surface area contributed by atoms with Gasteiger partial charge in [0.2, 0.25) is 11.8 Å². The number of imidazole rings is 1. The Morgan fingerprint density at radius 1 is 1.23 bits per heavy atom. The summed E-state index contributed by atoms with van der Waals surface area (Å²) in [5, 5.41) is 2.93. The molecule has 30 heavy (non-hydrogen) atoms. The minimum Gasteiger partial charge on any atom is -0.497 e. The van der Waals surface area contributed by atoms with Gasteiger partial charge < -0.3 is 19.5 Å². The van der Waals surface area contributed by atoms with Crippen LogP contribution in [0.2, 0.25) is 0 Å². The van der Waals surface area contributed by atoms with E-state index in [1.165, 1.54) is 0 Å². The van der Waals surface area contributed by atoms with Crippen molar-refractivity contribution >= 4 is 23.2 Å². The van der Waals surface area contributed by atoms with Crippen LogP contribution in [0.15, 0.2) is 60.9 Å². The van der Waals surface area contributed by atoms with Crippen molar-refractivity contribution in [3.8, 4) is 5.75 Å². The molecule has 0 radical (unpaired) electrons. The molecule has 0 aliphatic carbocycles. The number of nitrogens with one attached hydrogen (secondary N) is 1. The predicted octanol–water partition coefficient (Wildman–Crippen LogP) is 3.24. The van der Waals surface area contributed by atoms with Crippen molar-refractivity contribution in [3.63, 3.8) is 0 Å². The Hall–Kier alpha value is -3.61. The third-order valence-corrected chi connectivity index (χ3v) is 5.36. The first-order valence-corrected chi connectivity index (χ1v) is 9.85. The van der Waals surface area contributed by atoms with Crippen molar-refractivity contribution in [1.82, 2.24) is 9.55 Å². The smallest absolute Gasteiger partial charge is 0.229 e. The third-order valence-electron chi connectivity index (χ3n) is 5.36. The molecule has 2 aromatic carbocycles. The normalized spacial score (nSPS) is 16.0. The molecule has 1 aliphatic heterocycles.